The minimum absolute atomic E-state index is 0.0556. The predicted octanol–water partition coefficient (Wildman–Crippen LogP) is 3.60. The van der Waals surface area contributed by atoms with E-state index in [2.05, 4.69) is 20.4 Å². The Kier molecular flexibility index (Phi) is 4.91. The Morgan fingerprint density at radius 2 is 2.03 bits per heavy atom. The normalized spacial score (nSPS) is 18.2. The molecular formula is C21H18Cl2N4O3. The number of carbonyl (C=O) groups is 1. The molecule has 2 aliphatic heterocycles. The van der Waals surface area contributed by atoms with Gasteiger partial charge in [0.2, 0.25) is 5.78 Å². The molecule has 0 radical (unpaired) electrons. The number of aromatic nitrogens is 2. The van der Waals surface area contributed by atoms with Gasteiger partial charge in [0.25, 0.3) is 0 Å². The summed E-state index contributed by atoms with van der Waals surface area (Å²) in [5, 5.41) is 22.5. The molecule has 0 spiro atoms. The summed E-state index contributed by atoms with van der Waals surface area (Å²) in [6.45, 7) is 3.83. The first-order chi connectivity index (χ1) is 14.5. The maximum absolute atomic E-state index is 13.0. The van der Waals surface area contributed by atoms with Crippen LogP contribution in [0.4, 0.5) is 0 Å². The SMILES string of the molecule is O=C1/C(=C/c2n[nH]c3ccc(Cl)cc23)Oc2c1cc(Cl)c(O)c2CN1CCNCC1. The Morgan fingerprint density at radius 1 is 1.23 bits per heavy atom. The average molecular weight is 445 g/mol. The molecular weight excluding hydrogens is 427 g/mol. The average Bonchev–Trinajstić information content (AvgIpc) is 3.28. The van der Waals surface area contributed by atoms with Gasteiger partial charge in [-0.3, -0.25) is 14.8 Å². The number of aromatic hydroxyl groups is 1. The van der Waals surface area contributed by atoms with E-state index >= 15 is 0 Å². The Labute approximate surface area is 182 Å². The number of ketones is 1. The minimum atomic E-state index is -0.299. The van der Waals surface area contributed by atoms with Crippen LogP contribution in [0.25, 0.3) is 17.0 Å². The molecule has 0 bridgehead atoms. The summed E-state index contributed by atoms with van der Waals surface area (Å²) in [5.74, 6) is 0.123. The maximum Gasteiger partial charge on any atom is 0.232 e. The number of piperazine rings is 1. The number of allylic oxidation sites excluding steroid dienone is 1. The number of ether oxygens (including phenoxy) is 1. The molecule has 3 N–H and O–H groups in total. The third kappa shape index (κ3) is 3.33. The Balaban J connectivity index is 1.54. The van der Waals surface area contributed by atoms with Crippen molar-refractivity contribution in [3.05, 3.63) is 56.9 Å². The van der Waals surface area contributed by atoms with E-state index in [1.165, 1.54) is 6.07 Å². The van der Waals surface area contributed by atoms with Crippen molar-refractivity contribution in [1.82, 2.24) is 20.4 Å². The fourth-order valence-electron chi connectivity index (χ4n) is 3.82. The lowest BCUT2D eigenvalue weighted by molar-refractivity contribution is 0.101. The van der Waals surface area contributed by atoms with Crippen molar-refractivity contribution in [2.24, 2.45) is 0 Å². The topological polar surface area (TPSA) is 90.5 Å². The van der Waals surface area contributed by atoms with Gasteiger partial charge in [0.05, 0.1) is 27.4 Å². The smallest absolute Gasteiger partial charge is 0.232 e. The molecule has 2 aliphatic rings. The number of nitrogens with one attached hydrogen (secondary N) is 2. The van der Waals surface area contributed by atoms with Crippen molar-refractivity contribution < 1.29 is 14.6 Å². The molecule has 30 heavy (non-hydrogen) atoms. The van der Waals surface area contributed by atoms with Gasteiger partial charge in [-0.15, -0.1) is 0 Å². The molecule has 2 aromatic carbocycles. The number of nitrogens with zero attached hydrogens (tertiary/aromatic N) is 2. The second kappa shape index (κ2) is 7.59. The van der Waals surface area contributed by atoms with Crippen molar-refractivity contribution in [3.63, 3.8) is 0 Å². The molecule has 3 heterocycles. The van der Waals surface area contributed by atoms with E-state index < -0.39 is 0 Å². The van der Waals surface area contributed by atoms with Crippen LogP contribution < -0.4 is 10.1 Å². The third-order valence-corrected chi connectivity index (χ3v) is 5.92. The van der Waals surface area contributed by atoms with Gasteiger partial charge in [-0.05, 0) is 24.3 Å². The summed E-state index contributed by atoms with van der Waals surface area (Å²) in [7, 11) is 0. The quantitative estimate of drug-likeness (QED) is 0.534. The monoisotopic (exact) mass is 444 g/mol. The number of carbonyl (C=O) groups excluding carboxylic acids is 1. The van der Waals surface area contributed by atoms with Gasteiger partial charge in [-0.2, -0.15) is 5.10 Å². The van der Waals surface area contributed by atoms with E-state index in [1.807, 2.05) is 6.07 Å². The van der Waals surface area contributed by atoms with Gasteiger partial charge in [-0.25, -0.2) is 0 Å². The number of phenolic OH excluding ortho intramolecular Hbond substituents is 1. The lowest BCUT2D eigenvalue weighted by atomic mass is 10.0. The van der Waals surface area contributed by atoms with Gasteiger partial charge in [0.1, 0.15) is 11.5 Å². The van der Waals surface area contributed by atoms with E-state index in [1.54, 1.807) is 18.2 Å². The number of hydrogen-bond donors (Lipinski definition) is 3. The number of aromatic amines is 1. The second-order valence-corrected chi connectivity index (χ2v) is 8.17. The molecule has 3 aromatic rings. The Bertz CT molecular complexity index is 1200. The molecule has 154 valence electrons. The maximum atomic E-state index is 13.0. The van der Waals surface area contributed by atoms with Crippen molar-refractivity contribution in [2.45, 2.75) is 6.54 Å². The zero-order chi connectivity index (χ0) is 20.8. The number of benzene rings is 2. The van der Waals surface area contributed by atoms with E-state index in [4.69, 9.17) is 27.9 Å². The first-order valence-electron chi connectivity index (χ1n) is 9.56. The fourth-order valence-corrected chi connectivity index (χ4v) is 4.22. The number of H-pyrrole nitrogens is 1. The Morgan fingerprint density at radius 3 is 2.83 bits per heavy atom. The number of phenols is 1. The highest BCUT2D eigenvalue weighted by molar-refractivity contribution is 6.33. The molecule has 0 atom stereocenters. The van der Waals surface area contributed by atoms with Crippen LogP contribution in [0.1, 0.15) is 21.6 Å². The van der Waals surface area contributed by atoms with Crippen molar-refractivity contribution in [1.29, 1.82) is 0 Å². The van der Waals surface area contributed by atoms with E-state index in [-0.39, 0.29) is 22.3 Å². The molecule has 0 unspecified atom stereocenters. The molecule has 1 saturated heterocycles. The number of halogens is 2. The third-order valence-electron chi connectivity index (χ3n) is 5.40. The first kappa shape index (κ1) is 19.4. The highest BCUT2D eigenvalue weighted by Gasteiger charge is 2.33. The van der Waals surface area contributed by atoms with Crippen LogP contribution in [0.2, 0.25) is 10.0 Å². The second-order valence-electron chi connectivity index (χ2n) is 7.33. The molecule has 7 nitrogen and oxygen atoms in total. The zero-order valence-electron chi connectivity index (χ0n) is 15.8. The van der Waals surface area contributed by atoms with Crippen LogP contribution in [-0.4, -0.2) is 52.2 Å². The first-order valence-corrected chi connectivity index (χ1v) is 10.3. The standard InChI is InChI=1S/C21H18Cl2N4O3/c22-11-1-2-16-12(7-11)17(26-25-16)9-18-20(29)13-8-15(23)19(28)14(21(13)30-18)10-27-5-3-24-4-6-27/h1-2,7-9,24,28H,3-6,10H2,(H,25,26)/b18-9-. The fraction of sp³-hybridized carbons (Fsp3) is 0.238. The largest absolute Gasteiger partial charge is 0.506 e. The Hall–Kier alpha value is -2.58. The molecule has 9 heteroatoms. The number of rotatable bonds is 3. The lowest BCUT2D eigenvalue weighted by Gasteiger charge is -2.28. The highest BCUT2D eigenvalue weighted by atomic mass is 35.5. The number of Topliss-reactive ketones (excluding diaryl/α,β-unsaturated/α-hetero) is 1. The van der Waals surface area contributed by atoms with Gasteiger partial charge < -0.3 is 15.2 Å². The van der Waals surface area contributed by atoms with E-state index in [0.717, 1.165) is 37.1 Å². The molecule has 0 amide bonds. The van der Waals surface area contributed by atoms with Gasteiger partial charge in [0, 0.05) is 49.2 Å². The van der Waals surface area contributed by atoms with Crippen LogP contribution in [-0.2, 0) is 6.54 Å². The van der Waals surface area contributed by atoms with Crippen molar-refractivity contribution in [3.8, 4) is 11.5 Å². The van der Waals surface area contributed by atoms with Gasteiger partial charge >= 0.3 is 0 Å². The summed E-state index contributed by atoms with van der Waals surface area (Å²) in [6, 6.07) is 6.81. The molecule has 5 rings (SSSR count). The molecule has 0 aliphatic carbocycles. The number of fused-ring (bicyclic) bond motifs is 2. The molecule has 1 fully saturated rings. The summed E-state index contributed by atoms with van der Waals surface area (Å²) in [6.07, 6.45) is 1.58. The van der Waals surface area contributed by atoms with Crippen LogP contribution >= 0.6 is 23.2 Å². The van der Waals surface area contributed by atoms with E-state index in [9.17, 15) is 9.90 Å². The summed E-state index contributed by atoms with van der Waals surface area (Å²) < 4.78 is 5.94. The summed E-state index contributed by atoms with van der Waals surface area (Å²) >= 11 is 12.3. The lowest BCUT2D eigenvalue weighted by Crippen LogP contribution is -2.42. The highest BCUT2D eigenvalue weighted by Crippen LogP contribution is 2.44. The molecule has 1 aromatic heterocycles. The molecule has 0 saturated carbocycles. The summed E-state index contributed by atoms with van der Waals surface area (Å²) in [4.78, 5) is 15.2. The summed E-state index contributed by atoms with van der Waals surface area (Å²) in [5.41, 5.74) is 2.20. The number of hydrogen-bond acceptors (Lipinski definition) is 6. The van der Waals surface area contributed by atoms with E-state index in [0.29, 0.717) is 34.1 Å². The minimum Gasteiger partial charge on any atom is -0.506 e. The van der Waals surface area contributed by atoms with Gasteiger partial charge in [-0.1, -0.05) is 23.2 Å². The van der Waals surface area contributed by atoms with Crippen molar-refractivity contribution >= 4 is 46.0 Å². The van der Waals surface area contributed by atoms with Gasteiger partial charge in [0.15, 0.2) is 5.76 Å². The van der Waals surface area contributed by atoms with Crippen LogP contribution in [0.15, 0.2) is 30.0 Å². The van der Waals surface area contributed by atoms with Crippen molar-refractivity contribution in [2.75, 3.05) is 26.2 Å². The van der Waals surface area contributed by atoms with Crippen LogP contribution in [0.3, 0.4) is 0 Å². The predicted molar refractivity (Wildman–Crippen MR) is 115 cm³/mol. The van der Waals surface area contributed by atoms with Crippen LogP contribution in [0.5, 0.6) is 11.5 Å². The zero-order valence-corrected chi connectivity index (χ0v) is 17.3. The van der Waals surface area contributed by atoms with Crippen LogP contribution in [0, 0.1) is 0 Å².